The molecule has 0 fully saturated rings. The lowest BCUT2D eigenvalue weighted by molar-refractivity contribution is -0.118. The van der Waals surface area contributed by atoms with Crippen molar-refractivity contribution in [1.29, 1.82) is 0 Å². The average Bonchev–Trinajstić information content (AvgIpc) is 3.06. The van der Waals surface area contributed by atoms with Crippen LogP contribution in [0.2, 0.25) is 0 Å². The maximum Gasteiger partial charge on any atom is 0.230 e. The standard InChI is InChI=1S/C12H17N5O2S/c1-2-4-10-15-16-12(17(10)13)20-8-11(18)14-7-9-5-3-6-19-9/h3,5-6H,2,4,7-8,13H2,1H3,(H,14,18). The van der Waals surface area contributed by atoms with E-state index in [-0.39, 0.29) is 11.7 Å². The Morgan fingerprint density at radius 3 is 3.10 bits per heavy atom. The van der Waals surface area contributed by atoms with Crippen molar-refractivity contribution >= 4 is 17.7 Å². The number of aryl methyl sites for hydroxylation is 1. The van der Waals surface area contributed by atoms with Gasteiger partial charge in [-0.25, -0.2) is 4.68 Å². The molecule has 3 N–H and O–H groups in total. The molecule has 0 aliphatic carbocycles. The molecule has 7 nitrogen and oxygen atoms in total. The molecule has 0 aliphatic rings. The molecule has 0 saturated heterocycles. The zero-order chi connectivity index (χ0) is 14.4. The smallest absolute Gasteiger partial charge is 0.230 e. The van der Waals surface area contributed by atoms with Gasteiger partial charge in [-0.05, 0) is 18.6 Å². The second-order valence-electron chi connectivity index (χ2n) is 4.16. The summed E-state index contributed by atoms with van der Waals surface area (Å²) in [4.78, 5) is 11.7. The highest BCUT2D eigenvalue weighted by atomic mass is 32.2. The molecular formula is C12H17N5O2S. The van der Waals surface area contributed by atoms with E-state index in [4.69, 9.17) is 10.3 Å². The van der Waals surface area contributed by atoms with E-state index in [1.54, 1.807) is 18.4 Å². The van der Waals surface area contributed by atoms with Gasteiger partial charge >= 0.3 is 0 Å². The molecule has 0 spiro atoms. The number of hydrogen-bond donors (Lipinski definition) is 2. The Balaban J connectivity index is 1.78. The predicted molar refractivity (Wildman–Crippen MR) is 75.4 cm³/mol. The summed E-state index contributed by atoms with van der Waals surface area (Å²) in [5, 5.41) is 11.3. The third-order valence-electron chi connectivity index (χ3n) is 2.58. The van der Waals surface area contributed by atoms with Gasteiger partial charge in [0.25, 0.3) is 0 Å². The average molecular weight is 295 g/mol. The summed E-state index contributed by atoms with van der Waals surface area (Å²) in [7, 11) is 0. The second kappa shape index (κ2) is 6.99. The van der Waals surface area contributed by atoms with E-state index < -0.39 is 0 Å². The number of nitrogens with zero attached hydrogens (tertiary/aromatic N) is 3. The Bertz CT molecular complexity index is 552. The number of carbonyl (C=O) groups is 1. The molecule has 0 aliphatic heterocycles. The highest BCUT2D eigenvalue weighted by Gasteiger charge is 2.11. The molecule has 108 valence electrons. The number of hydrogen-bond acceptors (Lipinski definition) is 6. The molecule has 1 amide bonds. The Hall–Kier alpha value is -1.96. The van der Waals surface area contributed by atoms with E-state index >= 15 is 0 Å². The van der Waals surface area contributed by atoms with Crippen LogP contribution < -0.4 is 11.2 Å². The Kier molecular flexibility index (Phi) is 5.05. The van der Waals surface area contributed by atoms with Crippen LogP contribution in [0.1, 0.15) is 24.9 Å². The minimum Gasteiger partial charge on any atom is -0.467 e. The van der Waals surface area contributed by atoms with Crippen molar-refractivity contribution in [1.82, 2.24) is 20.2 Å². The Morgan fingerprint density at radius 1 is 1.55 bits per heavy atom. The molecule has 2 heterocycles. The first-order valence-electron chi connectivity index (χ1n) is 6.32. The molecule has 0 radical (unpaired) electrons. The molecule has 2 aromatic heterocycles. The normalized spacial score (nSPS) is 10.7. The molecule has 8 heteroatoms. The van der Waals surface area contributed by atoms with E-state index in [9.17, 15) is 4.79 Å². The highest BCUT2D eigenvalue weighted by Crippen LogP contribution is 2.14. The van der Waals surface area contributed by atoms with E-state index in [1.807, 2.05) is 6.92 Å². The van der Waals surface area contributed by atoms with Gasteiger partial charge in [-0.1, -0.05) is 18.7 Å². The van der Waals surface area contributed by atoms with Crippen LogP contribution >= 0.6 is 11.8 Å². The monoisotopic (exact) mass is 295 g/mol. The Labute approximate surface area is 120 Å². The van der Waals surface area contributed by atoms with Crippen LogP contribution in [-0.4, -0.2) is 26.5 Å². The van der Waals surface area contributed by atoms with Crippen LogP contribution in [0.4, 0.5) is 0 Å². The molecule has 0 bridgehead atoms. The maximum atomic E-state index is 11.7. The molecule has 2 aromatic rings. The summed E-state index contributed by atoms with van der Waals surface area (Å²) in [6.45, 7) is 2.42. The van der Waals surface area contributed by atoms with Gasteiger partial charge in [0.1, 0.15) is 5.76 Å². The molecule has 0 atom stereocenters. The summed E-state index contributed by atoms with van der Waals surface area (Å²) < 4.78 is 6.57. The summed E-state index contributed by atoms with van der Waals surface area (Å²) in [6.07, 6.45) is 3.29. The van der Waals surface area contributed by atoms with Gasteiger partial charge in [0.05, 0.1) is 18.6 Å². The van der Waals surface area contributed by atoms with Crippen molar-refractivity contribution < 1.29 is 9.21 Å². The number of amides is 1. The third kappa shape index (κ3) is 3.77. The van der Waals surface area contributed by atoms with Gasteiger partial charge in [-0.15, -0.1) is 10.2 Å². The predicted octanol–water partition coefficient (Wildman–Crippen LogP) is 0.946. The van der Waals surface area contributed by atoms with Gasteiger partial charge in [0.2, 0.25) is 11.1 Å². The molecule has 0 unspecified atom stereocenters. The van der Waals surface area contributed by atoms with Crippen LogP contribution in [0.5, 0.6) is 0 Å². The first-order valence-corrected chi connectivity index (χ1v) is 7.30. The molecule has 20 heavy (non-hydrogen) atoms. The third-order valence-corrected chi connectivity index (χ3v) is 3.52. The van der Waals surface area contributed by atoms with Gasteiger partial charge < -0.3 is 15.6 Å². The number of nitrogens with two attached hydrogens (primary N) is 1. The van der Waals surface area contributed by atoms with Gasteiger partial charge in [-0.3, -0.25) is 4.79 Å². The number of rotatable bonds is 7. The van der Waals surface area contributed by atoms with Gasteiger partial charge in [0, 0.05) is 6.42 Å². The summed E-state index contributed by atoms with van der Waals surface area (Å²) in [6, 6.07) is 3.59. The lowest BCUT2D eigenvalue weighted by Crippen LogP contribution is -2.24. The van der Waals surface area contributed by atoms with Crippen molar-refractivity contribution in [2.24, 2.45) is 0 Å². The number of thioether (sulfide) groups is 1. The topological polar surface area (TPSA) is 99.0 Å². The number of nitrogen functional groups attached to an aromatic ring is 1. The molecule has 0 saturated carbocycles. The number of aromatic nitrogens is 3. The first-order chi connectivity index (χ1) is 9.70. The first kappa shape index (κ1) is 14.4. The van der Waals surface area contributed by atoms with Crippen LogP contribution in [0.3, 0.4) is 0 Å². The lowest BCUT2D eigenvalue weighted by atomic mass is 10.3. The Morgan fingerprint density at radius 2 is 2.40 bits per heavy atom. The maximum absolute atomic E-state index is 11.7. The summed E-state index contributed by atoms with van der Waals surface area (Å²) in [5.74, 6) is 7.43. The summed E-state index contributed by atoms with van der Waals surface area (Å²) >= 11 is 1.26. The van der Waals surface area contributed by atoms with E-state index in [1.165, 1.54) is 16.4 Å². The van der Waals surface area contributed by atoms with Crippen LogP contribution in [-0.2, 0) is 17.8 Å². The SMILES string of the molecule is CCCc1nnc(SCC(=O)NCc2ccco2)n1N. The van der Waals surface area contributed by atoms with Crippen molar-refractivity contribution in [2.45, 2.75) is 31.5 Å². The van der Waals surface area contributed by atoms with Crippen LogP contribution in [0.15, 0.2) is 28.0 Å². The van der Waals surface area contributed by atoms with E-state index in [2.05, 4.69) is 15.5 Å². The van der Waals surface area contributed by atoms with Gasteiger partial charge in [-0.2, -0.15) is 0 Å². The largest absolute Gasteiger partial charge is 0.467 e. The quantitative estimate of drug-likeness (QED) is 0.583. The zero-order valence-corrected chi connectivity index (χ0v) is 12.0. The van der Waals surface area contributed by atoms with Crippen molar-refractivity contribution in [3.8, 4) is 0 Å². The number of nitrogens with one attached hydrogen (secondary N) is 1. The second-order valence-corrected chi connectivity index (χ2v) is 5.11. The highest BCUT2D eigenvalue weighted by molar-refractivity contribution is 7.99. The minimum atomic E-state index is -0.105. The van der Waals surface area contributed by atoms with E-state index in [0.717, 1.165) is 24.4 Å². The van der Waals surface area contributed by atoms with Crippen LogP contribution in [0.25, 0.3) is 0 Å². The zero-order valence-electron chi connectivity index (χ0n) is 11.2. The van der Waals surface area contributed by atoms with Crippen molar-refractivity contribution in [3.05, 3.63) is 30.0 Å². The number of furan rings is 1. The van der Waals surface area contributed by atoms with Crippen LogP contribution in [0, 0.1) is 0 Å². The lowest BCUT2D eigenvalue weighted by Gasteiger charge is -2.04. The van der Waals surface area contributed by atoms with Crippen molar-refractivity contribution in [2.75, 3.05) is 11.6 Å². The fourth-order valence-corrected chi connectivity index (χ4v) is 2.28. The van der Waals surface area contributed by atoms with E-state index in [0.29, 0.717) is 11.7 Å². The molecule has 2 rings (SSSR count). The van der Waals surface area contributed by atoms with Crippen molar-refractivity contribution in [3.63, 3.8) is 0 Å². The minimum absolute atomic E-state index is 0.105. The van der Waals surface area contributed by atoms with Gasteiger partial charge in [0.15, 0.2) is 5.82 Å². The summed E-state index contributed by atoms with van der Waals surface area (Å²) in [5.41, 5.74) is 0. The number of carbonyl (C=O) groups excluding carboxylic acids is 1. The molecular weight excluding hydrogens is 278 g/mol. The molecule has 0 aromatic carbocycles. The fourth-order valence-electron chi connectivity index (χ4n) is 1.58. The fraction of sp³-hybridized carbons (Fsp3) is 0.417.